The number of likely N-dealkylation sites (N-methyl/N-ethyl adjacent to an activating group) is 1. The molecule has 0 bridgehead atoms. The van der Waals surface area contributed by atoms with Crippen molar-refractivity contribution < 1.29 is 4.79 Å². The van der Waals surface area contributed by atoms with E-state index in [-0.39, 0.29) is 12.5 Å². The molecule has 0 heterocycles. The van der Waals surface area contributed by atoms with E-state index < -0.39 is 0 Å². The molecule has 6 heteroatoms. The maximum Gasteiger partial charge on any atom is 0.243 e. The Morgan fingerprint density at radius 3 is 2.35 bits per heavy atom. The highest BCUT2D eigenvalue weighted by Crippen LogP contribution is 1.97. The van der Waals surface area contributed by atoms with Crippen molar-refractivity contribution in [2.75, 3.05) is 45.7 Å². The number of unbranched alkanes of at least 4 members (excludes halogenated alkanes) is 2. The molecule has 0 aliphatic heterocycles. The molecule has 0 saturated heterocycles. The number of carbonyl (C=O) groups is 1. The first-order valence-corrected chi connectivity index (χ1v) is 8.72. The highest BCUT2D eigenvalue weighted by Gasteiger charge is 2.04. The van der Waals surface area contributed by atoms with Crippen molar-refractivity contribution in [3.8, 4) is 0 Å². The first-order valence-electron chi connectivity index (χ1n) is 7.33. The molecule has 20 heavy (non-hydrogen) atoms. The second-order valence-electron chi connectivity index (χ2n) is 4.86. The molecule has 0 atom stereocenters. The summed E-state index contributed by atoms with van der Waals surface area (Å²) in [4.78, 5) is 17.4. The summed E-state index contributed by atoms with van der Waals surface area (Å²) in [6.07, 6.45) is 6.70. The molecule has 0 aliphatic rings. The summed E-state index contributed by atoms with van der Waals surface area (Å²) >= 11 is 1.87. The summed E-state index contributed by atoms with van der Waals surface area (Å²) in [6, 6.07) is 0. The zero-order chi connectivity index (χ0) is 15.2. The lowest BCUT2D eigenvalue weighted by molar-refractivity contribution is -0.127. The summed E-state index contributed by atoms with van der Waals surface area (Å²) in [7, 11) is 3.50. The second kappa shape index (κ2) is 13.1. The van der Waals surface area contributed by atoms with E-state index >= 15 is 0 Å². The van der Waals surface area contributed by atoms with Crippen LogP contribution in [0, 0.1) is 0 Å². The summed E-state index contributed by atoms with van der Waals surface area (Å²) in [5.74, 6) is 1.96. The van der Waals surface area contributed by atoms with E-state index in [4.69, 9.17) is 0 Å². The Morgan fingerprint density at radius 1 is 1.15 bits per heavy atom. The van der Waals surface area contributed by atoms with Crippen molar-refractivity contribution in [1.29, 1.82) is 0 Å². The number of hydrogen-bond acceptors (Lipinski definition) is 3. The topological polar surface area (TPSA) is 56.7 Å². The van der Waals surface area contributed by atoms with Gasteiger partial charge in [0.25, 0.3) is 0 Å². The lowest BCUT2D eigenvalue weighted by Crippen LogP contribution is -2.39. The van der Waals surface area contributed by atoms with Gasteiger partial charge in [0, 0.05) is 27.2 Å². The molecule has 0 radical (unpaired) electrons. The van der Waals surface area contributed by atoms with Gasteiger partial charge in [-0.05, 0) is 31.3 Å². The molecule has 5 nitrogen and oxygen atoms in total. The van der Waals surface area contributed by atoms with Gasteiger partial charge in [-0.3, -0.25) is 4.79 Å². The molecule has 0 saturated carbocycles. The van der Waals surface area contributed by atoms with Gasteiger partial charge < -0.3 is 15.5 Å². The fourth-order valence-electron chi connectivity index (χ4n) is 1.42. The van der Waals surface area contributed by atoms with Crippen LogP contribution < -0.4 is 10.6 Å². The smallest absolute Gasteiger partial charge is 0.243 e. The number of amides is 1. The normalized spacial score (nSPS) is 11.3. The lowest BCUT2D eigenvalue weighted by atomic mass is 10.3. The predicted octanol–water partition coefficient (Wildman–Crippen LogP) is 1.55. The van der Waals surface area contributed by atoms with Gasteiger partial charge in [-0.2, -0.15) is 11.8 Å². The van der Waals surface area contributed by atoms with Crippen LogP contribution in [0.4, 0.5) is 0 Å². The average molecular weight is 302 g/mol. The van der Waals surface area contributed by atoms with Gasteiger partial charge in [-0.1, -0.05) is 13.3 Å². The van der Waals surface area contributed by atoms with Crippen LogP contribution in [0.2, 0.25) is 0 Å². The van der Waals surface area contributed by atoms with Gasteiger partial charge in [0.15, 0.2) is 5.96 Å². The number of rotatable bonds is 10. The minimum atomic E-state index is 0.0176. The summed E-state index contributed by atoms with van der Waals surface area (Å²) in [6.45, 7) is 4.14. The van der Waals surface area contributed by atoms with Crippen molar-refractivity contribution >= 4 is 23.6 Å². The fraction of sp³-hybridized carbons (Fsp3) is 0.857. The third kappa shape index (κ3) is 11.0. The maximum absolute atomic E-state index is 11.6. The Balaban J connectivity index is 4.11. The Morgan fingerprint density at radius 2 is 1.80 bits per heavy atom. The van der Waals surface area contributed by atoms with E-state index in [0.29, 0.717) is 0 Å². The van der Waals surface area contributed by atoms with Crippen molar-refractivity contribution in [2.45, 2.75) is 32.6 Å². The number of nitrogens with zero attached hydrogens (tertiary/aromatic N) is 2. The number of nitrogens with one attached hydrogen (secondary N) is 2. The fourth-order valence-corrected chi connectivity index (χ4v) is 1.92. The molecule has 0 aliphatic carbocycles. The Bertz CT molecular complexity index is 282. The Hall–Kier alpha value is -0.910. The molecule has 0 aromatic carbocycles. The van der Waals surface area contributed by atoms with Crippen LogP contribution >= 0.6 is 11.8 Å². The van der Waals surface area contributed by atoms with Crippen LogP contribution in [0.5, 0.6) is 0 Å². The summed E-state index contributed by atoms with van der Waals surface area (Å²) in [5.41, 5.74) is 0. The molecular formula is C14H30N4OS. The third-order valence-electron chi connectivity index (χ3n) is 2.76. The molecule has 0 spiro atoms. The van der Waals surface area contributed by atoms with Crippen LogP contribution in [0.25, 0.3) is 0 Å². The zero-order valence-electron chi connectivity index (χ0n) is 13.4. The monoisotopic (exact) mass is 302 g/mol. The number of hydrogen-bond donors (Lipinski definition) is 2. The van der Waals surface area contributed by atoms with Crippen LogP contribution in [-0.2, 0) is 4.79 Å². The number of aliphatic imine (C=N–C) groups is 1. The summed E-state index contributed by atoms with van der Waals surface area (Å²) in [5, 5.41) is 6.56. The third-order valence-corrected chi connectivity index (χ3v) is 3.46. The number of carbonyl (C=O) groups excluding carboxylic acids is 1. The highest BCUT2D eigenvalue weighted by molar-refractivity contribution is 7.98. The van der Waals surface area contributed by atoms with Crippen LogP contribution in [-0.4, -0.2) is 62.5 Å². The van der Waals surface area contributed by atoms with E-state index in [1.165, 1.54) is 12.2 Å². The summed E-state index contributed by atoms with van der Waals surface area (Å²) < 4.78 is 0. The minimum absolute atomic E-state index is 0.0176. The van der Waals surface area contributed by atoms with Gasteiger partial charge in [-0.25, -0.2) is 4.99 Å². The Kier molecular flexibility index (Phi) is 12.5. The highest BCUT2D eigenvalue weighted by atomic mass is 32.2. The molecule has 0 fully saturated rings. The zero-order valence-corrected chi connectivity index (χ0v) is 14.2. The van der Waals surface area contributed by atoms with E-state index in [9.17, 15) is 4.79 Å². The van der Waals surface area contributed by atoms with Crippen LogP contribution in [0.3, 0.4) is 0 Å². The van der Waals surface area contributed by atoms with Crippen LogP contribution in [0.15, 0.2) is 4.99 Å². The van der Waals surface area contributed by atoms with Crippen molar-refractivity contribution in [1.82, 2.24) is 15.5 Å². The molecule has 0 aromatic heterocycles. The second-order valence-corrected chi connectivity index (χ2v) is 5.85. The van der Waals surface area contributed by atoms with E-state index in [1.54, 1.807) is 19.0 Å². The van der Waals surface area contributed by atoms with Gasteiger partial charge >= 0.3 is 0 Å². The van der Waals surface area contributed by atoms with E-state index in [2.05, 4.69) is 28.8 Å². The number of thioether (sulfide) groups is 1. The van der Waals surface area contributed by atoms with Crippen LogP contribution in [0.1, 0.15) is 32.6 Å². The first kappa shape index (κ1) is 19.1. The van der Waals surface area contributed by atoms with Gasteiger partial charge in [0.1, 0.15) is 6.54 Å². The van der Waals surface area contributed by atoms with E-state index in [1.807, 2.05) is 11.8 Å². The standard InChI is InChI=1S/C14H30N4OS/c1-5-6-9-15-14(16-10-7-8-11-20-4)17-12-13(19)18(2)3/h5-12H2,1-4H3,(H2,15,16,17). The minimum Gasteiger partial charge on any atom is -0.356 e. The van der Waals surface area contributed by atoms with Crippen molar-refractivity contribution in [3.05, 3.63) is 0 Å². The van der Waals surface area contributed by atoms with E-state index in [0.717, 1.165) is 38.3 Å². The van der Waals surface area contributed by atoms with Gasteiger partial charge in [0.2, 0.25) is 5.91 Å². The molecule has 0 rings (SSSR count). The lowest BCUT2D eigenvalue weighted by Gasteiger charge is -2.13. The SMILES string of the molecule is CCCCNC(=NCC(=O)N(C)C)NCCCCSC. The first-order chi connectivity index (χ1) is 9.61. The molecule has 1 amide bonds. The predicted molar refractivity (Wildman–Crippen MR) is 89.5 cm³/mol. The maximum atomic E-state index is 11.6. The molecule has 0 unspecified atom stereocenters. The average Bonchev–Trinajstić information content (AvgIpc) is 2.43. The van der Waals surface area contributed by atoms with Crippen molar-refractivity contribution in [2.24, 2.45) is 4.99 Å². The van der Waals surface area contributed by atoms with Crippen molar-refractivity contribution in [3.63, 3.8) is 0 Å². The largest absolute Gasteiger partial charge is 0.356 e. The molecule has 2 N–H and O–H groups in total. The molecule has 0 aromatic rings. The Labute approximate surface area is 128 Å². The molecule has 118 valence electrons. The van der Waals surface area contributed by atoms with Gasteiger partial charge in [0.05, 0.1) is 0 Å². The quantitative estimate of drug-likeness (QED) is 0.365. The van der Waals surface area contributed by atoms with Gasteiger partial charge in [-0.15, -0.1) is 0 Å². The molecular weight excluding hydrogens is 272 g/mol. The number of guanidine groups is 1.